The summed E-state index contributed by atoms with van der Waals surface area (Å²) in [6.07, 6.45) is 9.74. The Balaban J connectivity index is 1.53. The molecule has 0 bridgehead atoms. The van der Waals surface area contributed by atoms with Crippen LogP contribution in [0.3, 0.4) is 0 Å². The number of carbonyl (C=O) groups excluding carboxylic acids is 1. The quantitative estimate of drug-likeness (QED) is 0.193. The van der Waals surface area contributed by atoms with Crippen LogP contribution in [0.4, 0.5) is 11.6 Å². The number of carbonyl (C=O) groups is 1. The lowest BCUT2D eigenvalue weighted by molar-refractivity contribution is 0.0398. The smallest absolute Gasteiger partial charge is 0.251 e. The van der Waals surface area contributed by atoms with Crippen molar-refractivity contribution in [3.05, 3.63) is 53.0 Å². The van der Waals surface area contributed by atoms with Gasteiger partial charge in [-0.25, -0.2) is 9.97 Å². The molecule has 2 unspecified atom stereocenters. The van der Waals surface area contributed by atoms with E-state index in [1.165, 1.54) is 32.1 Å². The molecular formula is C34H53N7O2. The van der Waals surface area contributed by atoms with E-state index in [1.807, 2.05) is 31.2 Å². The van der Waals surface area contributed by atoms with Crippen molar-refractivity contribution in [2.45, 2.75) is 78.7 Å². The van der Waals surface area contributed by atoms with Crippen LogP contribution in [-0.4, -0.2) is 72.8 Å². The van der Waals surface area contributed by atoms with Gasteiger partial charge in [-0.05, 0) is 61.6 Å². The number of rotatable bonds is 17. The van der Waals surface area contributed by atoms with Gasteiger partial charge in [-0.15, -0.1) is 0 Å². The number of nitrogens with zero attached hydrogens (tertiary/aromatic N) is 3. The van der Waals surface area contributed by atoms with Gasteiger partial charge in [0, 0.05) is 62.2 Å². The van der Waals surface area contributed by atoms with E-state index >= 15 is 0 Å². The molecule has 0 radical (unpaired) electrons. The molecule has 2 aliphatic rings. The van der Waals surface area contributed by atoms with Crippen molar-refractivity contribution >= 4 is 23.1 Å². The van der Waals surface area contributed by atoms with Crippen molar-refractivity contribution in [1.82, 2.24) is 20.2 Å². The first-order chi connectivity index (χ1) is 20.9. The number of benzene rings is 1. The summed E-state index contributed by atoms with van der Waals surface area (Å²) in [5.41, 5.74) is 9.43. The topological polar surface area (TPSA) is 117 Å². The third kappa shape index (κ3) is 10.2. The number of nitrogens with two attached hydrogens (primary N) is 1. The van der Waals surface area contributed by atoms with Crippen LogP contribution in [0, 0.1) is 18.8 Å². The molecule has 4 rings (SSSR count). The molecule has 5 N–H and O–H groups in total. The van der Waals surface area contributed by atoms with Gasteiger partial charge < -0.3 is 26.4 Å². The zero-order chi connectivity index (χ0) is 30.6. The third-order valence-electron chi connectivity index (χ3n) is 8.70. The number of aromatic nitrogens is 2. The Kier molecular flexibility index (Phi) is 12.7. The summed E-state index contributed by atoms with van der Waals surface area (Å²) in [5, 5.41) is 10.3. The summed E-state index contributed by atoms with van der Waals surface area (Å²) >= 11 is 0. The molecule has 1 amide bonds. The summed E-state index contributed by atoms with van der Waals surface area (Å²) in [6.45, 7) is 14.9. The van der Waals surface area contributed by atoms with Crippen LogP contribution in [0.1, 0.15) is 93.0 Å². The van der Waals surface area contributed by atoms with E-state index < -0.39 is 0 Å². The molecule has 1 saturated carbocycles. The minimum atomic E-state index is -0.0195. The largest absolute Gasteiger partial charge is 0.404 e. The molecule has 1 aromatic heterocycles. The second-order valence-electron chi connectivity index (χ2n) is 12.3. The molecule has 2 heterocycles. The second kappa shape index (κ2) is 16.6. The molecule has 2 fully saturated rings. The number of anilines is 2. The highest BCUT2D eigenvalue weighted by molar-refractivity contribution is 5.96. The van der Waals surface area contributed by atoms with Gasteiger partial charge in [-0.3, -0.25) is 9.69 Å². The fraction of sp³-hybridized carbons (Fsp3) is 0.618. The van der Waals surface area contributed by atoms with Crippen molar-refractivity contribution in [2.75, 3.05) is 56.6 Å². The van der Waals surface area contributed by atoms with Crippen molar-refractivity contribution in [1.29, 1.82) is 0 Å². The maximum atomic E-state index is 12.7. The van der Waals surface area contributed by atoms with Gasteiger partial charge in [-0.2, -0.15) is 0 Å². The van der Waals surface area contributed by atoms with Crippen LogP contribution in [0.5, 0.6) is 0 Å². The lowest BCUT2D eigenvalue weighted by Gasteiger charge is -2.26. The predicted octanol–water partition coefficient (Wildman–Crippen LogP) is 5.42. The van der Waals surface area contributed by atoms with Crippen LogP contribution in [0.2, 0.25) is 0 Å². The van der Waals surface area contributed by atoms with Crippen molar-refractivity contribution < 1.29 is 9.53 Å². The van der Waals surface area contributed by atoms with E-state index in [1.54, 1.807) is 6.20 Å². The highest BCUT2D eigenvalue weighted by Crippen LogP contribution is 2.27. The second-order valence-corrected chi connectivity index (χ2v) is 12.3. The van der Waals surface area contributed by atoms with Crippen LogP contribution in [0.15, 0.2) is 30.5 Å². The Labute approximate surface area is 258 Å². The Morgan fingerprint density at radius 2 is 1.84 bits per heavy atom. The normalized spacial score (nSPS) is 17.3. The molecule has 9 heteroatoms. The number of nitrogens with one attached hydrogen (secondary N) is 3. The van der Waals surface area contributed by atoms with Gasteiger partial charge in [0.25, 0.3) is 5.91 Å². The predicted molar refractivity (Wildman–Crippen MR) is 176 cm³/mol. The highest BCUT2D eigenvalue weighted by atomic mass is 16.5. The fourth-order valence-electron chi connectivity index (χ4n) is 5.52. The number of aryl methyl sites for hydroxylation is 1. The lowest BCUT2D eigenvalue weighted by Crippen LogP contribution is -2.39. The highest BCUT2D eigenvalue weighted by Gasteiger charge is 2.24. The Bertz CT molecular complexity index is 1210. The van der Waals surface area contributed by atoms with Crippen LogP contribution in [-0.2, 0) is 4.74 Å². The first-order valence-electron chi connectivity index (χ1n) is 16.4. The van der Waals surface area contributed by atoms with Gasteiger partial charge in [-0.1, -0.05) is 52.2 Å². The van der Waals surface area contributed by atoms with Crippen molar-refractivity contribution in [2.24, 2.45) is 17.6 Å². The molecule has 1 saturated heterocycles. The minimum Gasteiger partial charge on any atom is -0.404 e. The first kappa shape index (κ1) is 32.7. The zero-order valence-corrected chi connectivity index (χ0v) is 26.8. The summed E-state index contributed by atoms with van der Waals surface area (Å²) in [6, 6.07) is 8.14. The van der Waals surface area contributed by atoms with E-state index in [0.29, 0.717) is 23.3 Å². The first-order valence-corrected chi connectivity index (χ1v) is 16.4. The molecule has 0 spiro atoms. The summed E-state index contributed by atoms with van der Waals surface area (Å²) in [7, 11) is 0. The summed E-state index contributed by atoms with van der Waals surface area (Å²) in [5.74, 6) is 3.44. The Hall–Kier alpha value is -3.17. The number of hydrogen-bond acceptors (Lipinski definition) is 8. The number of hydrogen-bond donors (Lipinski definition) is 4. The van der Waals surface area contributed by atoms with Crippen molar-refractivity contribution in [3.8, 4) is 0 Å². The van der Waals surface area contributed by atoms with Crippen LogP contribution < -0.4 is 21.7 Å². The molecule has 1 aromatic carbocycles. The third-order valence-corrected chi connectivity index (χ3v) is 8.70. The van der Waals surface area contributed by atoms with E-state index in [4.69, 9.17) is 20.4 Å². The molecule has 9 nitrogen and oxygen atoms in total. The molecule has 236 valence electrons. The average Bonchev–Trinajstić information content (AvgIpc) is 3.83. The van der Waals surface area contributed by atoms with Gasteiger partial charge in [0.05, 0.1) is 13.2 Å². The number of ether oxygens (including phenoxy) is 1. The van der Waals surface area contributed by atoms with E-state index in [2.05, 4.69) is 41.6 Å². The average molecular weight is 592 g/mol. The maximum Gasteiger partial charge on any atom is 0.251 e. The summed E-state index contributed by atoms with van der Waals surface area (Å²) in [4.78, 5) is 25.0. The molecule has 2 atom stereocenters. The van der Waals surface area contributed by atoms with Gasteiger partial charge in [0.2, 0.25) is 0 Å². The Morgan fingerprint density at radius 3 is 2.49 bits per heavy atom. The number of amides is 1. The fourth-order valence-corrected chi connectivity index (χ4v) is 5.52. The molecule has 1 aliphatic heterocycles. The SMILES string of the molecule is CCCC(CCC(C)CC)CNc1cc(NCCN2CCOCC2)nc(C(=CN)c2ccc(C(=O)NC3CC3)c(C)c2)n1. The minimum absolute atomic E-state index is 0.0195. The van der Waals surface area contributed by atoms with Gasteiger partial charge >= 0.3 is 0 Å². The molecule has 43 heavy (non-hydrogen) atoms. The van der Waals surface area contributed by atoms with Crippen LogP contribution >= 0.6 is 0 Å². The summed E-state index contributed by atoms with van der Waals surface area (Å²) < 4.78 is 5.49. The van der Waals surface area contributed by atoms with Gasteiger partial charge in [0.1, 0.15) is 11.6 Å². The standard InChI is InChI=1S/C34H53N7O2/c1-5-7-26(9-8-24(3)6-2)23-37-32-21-31(36-14-15-41-16-18-43-19-17-41)39-33(40-32)30(22-35)27-10-13-29(25(4)20-27)34(42)38-28-11-12-28/h10,13,20-22,24,26,28H,5-9,11-12,14-19,23,35H2,1-4H3,(H,38,42)(H2,36,37,39,40). The molecular weight excluding hydrogens is 538 g/mol. The molecule has 2 aromatic rings. The zero-order valence-electron chi connectivity index (χ0n) is 26.8. The molecule has 1 aliphatic carbocycles. The van der Waals surface area contributed by atoms with E-state index in [0.717, 1.165) is 93.0 Å². The van der Waals surface area contributed by atoms with Crippen molar-refractivity contribution in [3.63, 3.8) is 0 Å². The Morgan fingerprint density at radius 1 is 1.09 bits per heavy atom. The van der Waals surface area contributed by atoms with Gasteiger partial charge in [0.15, 0.2) is 5.82 Å². The maximum absolute atomic E-state index is 12.7. The monoisotopic (exact) mass is 591 g/mol. The lowest BCUT2D eigenvalue weighted by atomic mass is 9.92. The van der Waals surface area contributed by atoms with E-state index in [-0.39, 0.29) is 5.91 Å². The van der Waals surface area contributed by atoms with Crippen LogP contribution in [0.25, 0.3) is 5.57 Å². The van der Waals surface area contributed by atoms with E-state index in [9.17, 15) is 4.79 Å². The number of morpholine rings is 1.